The number of hydrogen-bond donors (Lipinski definition) is 3. The van der Waals surface area contributed by atoms with Crippen LogP contribution in [0.15, 0.2) is 36.4 Å². The smallest absolute Gasteiger partial charge is 0.407 e. The molecule has 2 fully saturated rings. The molecule has 2 atom stereocenters. The summed E-state index contributed by atoms with van der Waals surface area (Å²) in [5.41, 5.74) is 8.29. The Morgan fingerprint density at radius 2 is 1.56 bits per heavy atom. The summed E-state index contributed by atoms with van der Waals surface area (Å²) in [6.45, 7) is 10.0. The van der Waals surface area contributed by atoms with Crippen molar-refractivity contribution >= 4 is 23.6 Å². The number of nitrogens with two attached hydrogens (primary N) is 2. The van der Waals surface area contributed by atoms with Gasteiger partial charge in [0.05, 0.1) is 55.8 Å². The summed E-state index contributed by atoms with van der Waals surface area (Å²) in [5, 5.41) is 22.7. The van der Waals surface area contributed by atoms with Crippen LogP contribution in [-0.2, 0) is 11.2 Å². The molecule has 2 aromatic rings. The van der Waals surface area contributed by atoms with Crippen molar-refractivity contribution in [1.82, 2.24) is 10.2 Å². The van der Waals surface area contributed by atoms with Gasteiger partial charge in [0.25, 0.3) is 5.91 Å². The van der Waals surface area contributed by atoms with Crippen molar-refractivity contribution in [2.45, 2.75) is 116 Å². The molecule has 10 nitrogen and oxygen atoms in total. The molecule has 286 valence electrons. The second-order valence-electron chi connectivity index (χ2n) is 16.0. The number of alkyl carbamates (subject to hydrolysis) is 1. The normalized spacial score (nSPS) is 18.2. The Labute approximate surface area is 309 Å². The van der Waals surface area contributed by atoms with Gasteiger partial charge < -0.3 is 30.5 Å². The lowest BCUT2D eigenvalue weighted by Gasteiger charge is -2.48. The van der Waals surface area contributed by atoms with E-state index in [1.54, 1.807) is 17.0 Å². The minimum absolute atomic E-state index is 0.0397. The number of nitrogens with one attached hydrogen (secondary N) is 1. The van der Waals surface area contributed by atoms with Crippen molar-refractivity contribution in [2.24, 2.45) is 11.7 Å². The SMILES string of the molecule is CC1C[C@@H]1c1cccc(C(=[NH2+])Cc2ccc(F)c(C(=O)N3CC[N+]([O-])(CCCCCCCCCCCCNC(=O)OC(C)(C)C)CC3)c2)c1C(N)=O. The maximum absolute atomic E-state index is 15.0. The van der Waals surface area contributed by atoms with E-state index in [2.05, 4.69) is 12.2 Å². The number of nitrogens with zero attached hydrogens (tertiary/aromatic N) is 2. The summed E-state index contributed by atoms with van der Waals surface area (Å²) in [6, 6.07) is 10.00. The third kappa shape index (κ3) is 12.4. The molecular formula is C41H61FN5O5+. The molecule has 3 amide bonds. The molecule has 2 aliphatic rings. The largest absolute Gasteiger partial charge is 0.633 e. The first-order chi connectivity index (χ1) is 24.7. The van der Waals surface area contributed by atoms with Gasteiger partial charge in [-0.3, -0.25) is 15.0 Å². The molecule has 1 heterocycles. The highest BCUT2D eigenvalue weighted by Gasteiger charge is 2.38. The molecule has 52 heavy (non-hydrogen) atoms. The highest BCUT2D eigenvalue weighted by molar-refractivity contribution is 6.09. The summed E-state index contributed by atoms with van der Waals surface area (Å²) in [7, 11) is 0. The first-order valence-corrected chi connectivity index (χ1v) is 19.3. The number of carbonyl (C=O) groups is 3. The second-order valence-corrected chi connectivity index (χ2v) is 16.0. The second kappa shape index (κ2) is 18.8. The van der Waals surface area contributed by atoms with Crippen molar-refractivity contribution in [3.05, 3.63) is 75.2 Å². The van der Waals surface area contributed by atoms with E-state index in [0.29, 0.717) is 54.5 Å². The zero-order chi connectivity index (χ0) is 37.9. The fourth-order valence-electron chi connectivity index (χ4n) is 7.21. The molecule has 5 N–H and O–H groups in total. The number of rotatable bonds is 19. The van der Waals surface area contributed by atoms with Gasteiger partial charge >= 0.3 is 6.09 Å². The number of hydroxylamine groups is 3. The van der Waals surface area contributed by atoms with Crippen molar-refractivity contribution in [3.8, 4) is 0 Å². The van der Waals surface area contributed by atoms with Gasteiger partial charge in [0.15, 0.2) is 5.71 Å². The molecular weight excluding hydrogens is 661 g/mol. The molecule has 1 aliphatic heterocycles. The monoisotopic (exact) mass is 722 g/mol. The van der Waals surface area contributed by atoms with Gasteiger partial charge in [-0.25, -0.2) is 9.18 Å². The molecule has 11 heteroatoms. The van der Waals surface area contributed by atoms with E-state index in [0.717, 1.165) is 56.9 Å². The predicted octanol–water partition coefficient (Wildman–Crippen LogP) is 6.04. The average Bonchev–Trinajstić information content (AvgIpc) is 3.82. The average molecular weight is 723 g/mol. The Bertz CT molecular complexity index is 1550. The molecule has 0 spiro atoms. The fraction of sp³-hybridized carbons (Fsp3) is 0.610. The molecule has 2 aromatic carbocycles. The Kier molecular flexibility index (Phi) is 14.8. The minimum atomic E-state index is -0.615. The summed E-state index contributed by atoms with van der Waals surface area (Å²) < 4.78 is 19.9. The minimum Gasteiger partial charge on any atom is -0.633 e. The van der Waals surface area contributed by atoms with E-state index in [1.165, 1.54) is 31.4 Å². The van der Waals surface area contributed by atoms with Crippen LogP contribution in [0.1, 0.15) is 142 Å². The van der Waals surface area contributed by atoms with Crippen molar-refractivity contribution < 1.29 is 33.6 Å². The van der Waals surface area contributed by atoms with E-state index in [1.807, 2.05) is 32.9 Å². The van der Waals surface area contributed by atoms with Gasteiger partial charge in [-0.05, 0) is 87.6 Å². The maximum atomic E-state index is 15.0. The standard InChI is InChI=1S/C41H60FN5O5/c1-29-26-33(29)31-16-15-17-32(37(31)38(44)48)36(43)28-30-18-19-35(42)34(27-30)39(49)46-21-24-47(51,25-22-46)23-14-12-10-8-6-5-7-9-11-13-20-45-40(50)52-41(2,3)4/h15-19,27,29,33,43H,5-14,20-26,28H2,1-4H3,(H2,44,48)(H,45,50)/p+1/t29?,33-/m0/s1. The van der Waals surface area contributed by atoms with Gasteiger partial charge in [0.2, 0.25) is 5.91 Å². The van der Waals surface area contributed by atoms with Crippen LogP contribution in [0, 0.1) is 16.9 Å². The zero-order valence-electron chi connectivity index (χ0n) is 31.8. The lowest BCUT2D eigenvalue weighted by Crippen LogP contribution is -2.57. The molecule has 0 radical (unpaired) electrons. The van der Waals surface area contributed by atoms with Crippen molar-refractivity contribution in [3.63, 3.8) is 0 Å². The maximum Gasteiger partial charge on any atom is 0.407 e. The van der Waals surface area contributed by atoms with Gasteiger partial charge in [0.1, 0.15) is 11.4 Å². The van der Waals surface area contributed by atoms with Gasteiger partial charge in [-0.2, -0.15) is 0 Å². The summed E-state index contributed by atoms with van der Waals surface area (Å²) in [6.07, 6.45) is 11.8. The van der Waals surface area contributed by atoms with Crippen LogP contribution < -0.4 is 16.5 Å². The first-order valence-electron chi connectivity index (χ1n) is 19.3. The predicted molar refractivity (Wildman–Crippen MR) is 202 cm³/mol. The number of amides is 3. The Balaban J connectivity index is 1.13. The summed E-state index contributed by atoms with van der Waals surface area (Å²) >= 11 is 0. The molecule has 1 unspecified atom stereocenters. The van der Waals surface area contributed by atoms with Gasteiger partial charge in [-0.1, -0.05) is 70.1 Å². The number of halogens is 1. The quantitative estimate of drug-likeness (QED) is 0.0700. The van der Waals surface area contributed by atoms with Crippen LogP contribution in [0.25, 0.3) is 0 Å². The molecule has 0 aromatic heterocycles. The molecule has 0 bridgehead atoms. The molecule has 1 saturated heterocycles. The van der Waals surface area contributed by atoms with E-state index in [9.17, 15) is 24.0 Å². The zero-order valence-corrected chi connectivity index (χ0v) is 31.8. The van der Waals surface area contributed by atoms with Crippen LogP contribution in [-0.4, -0.2) is 78.0 Å². The van der Waals surface area contributed by atoms with E-state index >= 15 is 0 Å². The number of hydrogen-bond acceptors (Lipinski definition) is 5. The summed E-state index contributed by atoms with van der Waals surface area (Å²) in [5.74, 6) is -0.798. The van der Waals surface area contributed by atoms with Crippen molar-refractivity contribution in [2.75, 3.05) is 39.3 Å². The summed E-state index contributed by atoms with van der Waals surface area (Å²) in [4.78, 5) is 39.1. The molecule has 4 rings (SSSR count). The van der Waals surface area contributed by atoms with E-state index < -0.39 is 23.2 Å². The van der Waals surface area contributed by atoms with Gasteiger partial charge in [0, 0.05) is 6.54 Å². The van der Waals surface area contributed by atoms with Crippen LogP contribution in [0.3, 0.4) is 0 Å². The van der Waals surface area contributed by atoms with Crippen LogP contribution >= 0.6 is 0 Å². The van der Waals surface area contributed by atoms with Gasteiger partial charge in [-0.15, -0.1) is 0 Å². The van der Waals surface area contributed by atoms with Crippen LogP contribution in [0.2, 0.25) is 0 Å². The number of benzene rings is 2. The number of carbonyl (C=O) groups excluding carboxylic acids is 3. The number of primary amides is 1. The Morgan fingerprint density at radius 3 is 2.13 bits per heavy atom. The Hall–Kier alpha value is -3.83. The lowest BCUT2D eigenvalue weighted by molar-refractivity contribution is -0.884. The van der Waals surface area contributed by atoms with E-state index in [4.69, 9.17) is 15.9 Å². The molecule has 1 saturated carbocycles. The highest BCUT2D eigenvalue weighted by atomic mass is 19.1. The number of quaternary nitrogens is 1. The Morgan fingerprint density at radius 1 is 0.962 bits per heavy atom. The first kappa shape index (κ1) is 40.9. The van der Waals surface area contributed by atoms with E-state index in [-0.39, 0.29) is 41.7 Å². The lowest BCUT2D eigenvalue weighted by atomic mass is 9.91. The number of unbranched alkanes of at least 4 members (excludes halogenated alkanes) is 9. The number of piperazine rings is 1. The van der Waals surface area contributed by atoms with Crippen LogP contribution in [0.4, 0.5) is 9.18 Å². The van der Waals surface area contributed by atoms with Crippen molar-refractivity contribution in [1.29, 1.82) is 0 Å². The highest BCUT2D eigenvalue weighted by Crippen LogP contribution is 2.48. The van der Waals surface area contributed by atoms with Crippen LogP contribution in [0.5, 0.6) is 0 Å². The topological polar surface area (TPSA) is 150 Å². The molecule has 1 aliphatic carbocycles. The number of ether oxygens (including phenoxy) is 1. The third-order valence-corrected chi connectivity index (χ3v) is 10.4. The fourth-order valence-corrected chi connectivity index (χ4v) is 7.21. The third-order valence-electron chi connectivity index (χ3n) is 10.4.